The molecule has 0 radical (unpaired) electrons. The first-order chi connectivity index (χ1) is 14.1. The first kappa shape index (κ1) is 19.2. The molecule has 0 saturated carbocycles. The molecule has 4 heteroatoms. The lowest BCUT2D eigenvalue weighted by atomic mass is 9.97. The number of rotatable bonds is 6. The standard InChI is InChI=1S/C25H27N3O/c1-17(28(2)3)12-24-25(22-10-5-6-11-23(22)27-24)20-13-19(15-26-16-20)18-8-7-9-21(14-18)29-4/h5-11,13-17,27H,12H2,1-4H3. The van der Waals surface area contributed by atoms with Crippen LogP contribution in [0.3, 0.4) is 0 Å². The quantitative estimate of drug-likeness (QED) is 0.483. The van der Waals surface area contributed by atoms with Crippen LogP contribution in [0.15, 0.2) is 67.0 Å². The van der Waals surface area contributed by atoms with Crippen LogP contribution in [0, 0.1) is 0 Å². The number of para-hydroxylation sites is 1. The highest BCUT2D eigenvalue weighted by atomic mass is 16.5. The summed E-state index contributed by atoms with van der Waals surface area (Å²) in [4.78, 5) is 10.5. The number of aromatic nitrogens is 2. The summed E-state index contributed by atoms with van der Waals surface area (Å²) >= 11 is 0. The van der Waals surface area contributed by atoms with Gasteiger partial charge in [-0.05, 0) is 50.8 Å². The van der Waals surface area contributed by atoms with Crippen LogP contribution < -0.4 is 4.74 Å². The van der Waals surface area contributed by atoms with Gasteiger partial charge in [0.15, 0.2) is 0 Å². The van der Waals surface area contributed by atoms with E-state index >= 15 is 0 Å². The van der Waals surface area contributed by atoms with Crippen molar-refractivity contribution in [2.75, 3.05) is 21.2 Å². The van der Waals surface area contributed by atoms with Crippen LogP contribution in [0.25, 0.3) is 33.2 Å². The highest BCUT2D eigenvalue weighted by Gasteiger charge is 2.17. The zero-order valence-corrected chi connectivity index (χ0v) is 17.4. The average Bonchev–Trinajstić information content (AvgIpc) is 3.11. The van der Waals surface area contributed by atoms with E-state index in [9.17, 15) is 0 Å². The molecule has 0 bridgehead atoms. The van der Waals surface area contributed by atoms with Gasteiger partial charge in [0.25, 0.3) is 0 Å². The Balaban J connectivity index is 1.84. The van der Waals surface area contributed by atoms with Crippen molar-refractivity contribution in [3.05, 3.63) is 72.7 Å². The monoisotopic (exact) mass is 385 g/mol. The van der Waals surface area contributed by atoms with Gasteiger partial charge in [-0.3, -0.25) is 4.98 Å². The van der Waals surface area contributed by atoms with Crippen molar-refractivity contribution in [1.82, 2.24) is 14.9 Å². The number of benzene rings is 2. The number of hydrogen-bond donors (Lipinski definition) is 1. The zero-order valence-electron chi connectivity index (χ0n) is 17.4. The van der Waals surface area contributed by atoms with E-state index in [-0.39, 0.29) is 0 Å². The maximum absolute atomic E-state index is 5.39. The van der Waals surface area contributed by atoms with Crippen LogP contribution in [-0.4, -0.2) is 42.1 Å². The van der Waals surface area contributed by atoms with Crippen molar-refractivity contribution in [2.45, 2.75) is 19.4 Å². The Morgan fingerprint density at radius 1 is 0.966 bits per heavy atom. The molecule has 2 aromatic carbocycles. The number of fused-ring (bicyclic) bond motifs is 1. The van der Waals surface area contributed by atoms with Gasteiger partial charge in [0.1, 0.15) is 5.75 Å². The lowest BCUT2D eigenvalue weighted by Crippen LogP contribution is -2.26. The highest BCUT2D eigenvalue weighted by Crippen LogP contribution is 2.35. The van der Waals surface area contributed by atoms with Crippen LogP contribution in [0.4, 0.5) is 0 Å². The number of H-pyrrole nitrogens is 1. The van der Waals surface area contributed by atoms with Crippen molar-refractivity contribution in [2.24, 2.45) is 0 Å². The lowest BCUT2D eigenvalue weighted by molar-refractivity contribution is 0.311. The van der Waals surface area contributed by atoms with Gasteiger partial charge in [-0.15, -0.1) is 0 Å². The molecular weight excluding hydrogens is 358 g/mol. The molecule has 1 N–H and O–H groups in total. The third-order valence-electron chi connectivity index (χ3n) is 5.59. The second-order valence-electron chi connectivity index (χ2n) is 7.74. The fourth-order valence-electron chi connectivity index (χ4n) is 3.70. The molecule has 4 aromatic rings. The number of nitrogens with one attached hydrogen (secondary N) is 1. The van der Waals surface area contributed by atoms with Gasteiger partial charge in [-0.1, -0.05) is 30.3 Å². The minimum atomic E-state index is 0.427. The van der Waals surface area contributed by atoms with Gasteiger partial charge < -0.3 is 14.6 Å². The van der Waals surface area contributed by atoms with E-state index in [1.54, 1.807) is 7.11 Å². The Labute approximate surface area is 172 Å². The minimum absolute atomic E-state index is 0.427. The summed E-state index contributed by atoms with van der Waals surface area (Å²) < 4.78 is 5.39. The Bertz CT molecular complexity index is 1130. The molecular formula is C25H27N3O. The molecule has 0 amide bonds. The summed E-state index contributed by atoms with van der Waals surface area (Å²) in [6.45, 7) is 2.25. The van der Waals surface area contributed by atoms with Crippen LogP contribution in [0.2, 0.25) is 0 Å². The van der Waals surface area contributed by atoms with Crippen molar-refractivity contribution in [1.29, 1.82) is 0 Å². The number of nitrogens with zero attached hydrogens (tertiary/aromatic N) is 2. The third-order valence-corrected chi connectivity index (χ3v) is 5.59. The van der Waals surface area contributed by atoms with Gasteiger partial charge in [0.05, 0.1) is 7.11 Å². The molecule has 2 aromatic heterocycles. The first-order valence-corrected chi connectivity index (χ1v) is 9.92. The normalized spacial score (nSPS) is 12.4. The topological polar surface area (TPSA) is 41.1 Å². The second-order valence-corrected chi connectivity index (χ2v) is 7.74. The molecule has 29 heavy (non-hydrogen) atoms. The highest BCUT2D eigenvalue weighted by molar-refractivity contribution is 5.98. The van der Waals surface area contributed by atoms with Crippen LogP contribution >= 0.6 is 0 Å². The minimum Gasteiger partial charge on any atom is -0.497 e. The zero-order chi connectivity index (χ0) is 20.4. The lowest BCUT2D eigenvalue weighted by Gasteiger charge is -2.20. The van der Waals surface area contributed by atoms with Crippen molar-refractivity contribution in [3.63, 3.8) is 0 Å². The van der Waals surface area contributed by atoms with Crippen molar-refractivity contribution in [3.8, 4) is 28.0 Å². The molecule has 0 aliphatic heterocycles. The predicted molar refractivity (Wildman–Crippen MR) is 120 cm³/mol. The third kappa shape index (κ3) is 3.89. The molecule has 0 fully saturated rings. The molecule has 0 saturated heterocycles. The van der Waals surface area contributed by atoms with Crippen molar-refractivity contribution >= 4 is 10.9 Å². The maximum atomic E-state index is 5.39. The Morgan fingerprint density at radius 2 is 1.76 bits per heavy atom. The molecule has 0 spiro atoms. The Morgan fingerprint density at radius 3 is 2.55 bits per heavy atom. The first-order valence-electron chi connectivity index (χ1n) is 9.92. The molecule has 2 heterocycles. The largest absolute Gasteiger partial charge is 0.497 e. The Kier molecular flexibility index (Phi) is 5.36. The molecule has 0 aliphatic carbocycles. The van der Waals surface area contributed by atoms with Crippen LogP contribution in [0.1, 0.15) is 12.6 Å². The van der Waals surface area contributed by atoms with E-state index in [1.807, 2.05) is 30.6 Å². The summed E-state index contributed by atoms with van der Waals surface area (Å²) in [6.07, 6.45) is 4.82. The molecule has 4 nitrogen and oxygen atoms in total. The summed E-state index contributed by atoms with van der Waals surface area (Å²) in [5.41, 5.74) is 6.96. The molecule has 1 unspecified atom stereocenters. The maximum Gasteiger partial charge on any atom is 0.119 e. The number of ether oxygens (including phenoxy) is 1. The number of hydrogen-bond acceptors (Lipinski definition) is 3. The van der Waals surface area contributed by atoms with Gasteiger partial charge in [0, 0.05) is 58.1 Å². The second kappa shape index (κ2) is 8.10. The summed E-state index contributed by atoms with van der Waals surface area (Å²) in [5.74, 6) is 0.848. The molecule has 4 rings (SSSR count). The number of methoxy groups -OCH3 is 1. The smallest absolute Gasteiger partial charge is 0.119 e. The van der Waals surface area contributed by atoms with Crippen molar-refractivity contribution < 1.29 is 4.74 Å². The average molecular weight is 386 g/mol. The molecule has 148 valence electrons. The SMILES string of the molecule is COc1cccc(-c2cncc(-c3c(CC(C)N(C)C)[nH]c4ccccc34)c2)c1. The fourth-order valence-corrected chi connectivity index (χ4v) is 3.70. The van der Waals surface area contributed by atoms with Gasteiger partial charge in [-0.25, -0.2) is 0 Å². The van der Waals surface area contributed by atoms with E-state index in [0.29, 0.717) is 6.04 Å². The van der Waals surface area contributed by atoms with E-state index in [1.165, 1.54) is 16.6 Å². The van der Waals surface area contributed by atoms with Gasteiger partial charge >= 0.3 is 0 Å². The van der Waals surface area contributed by atoms with Crippen LogP contribution in [-0.2, 0) is 6.42 Å². The van der Waals surface area contributed by atoms with E-state index < -0.39 is 0 Å². The van der Waals surface area contributed by atoms with Gasteiger partial charge in [-0.2, -0.15) is 0 Å². The number of pyridine rings is 1. The summed E-state index contributed by atoms with van der Waals surface area (Å²) in [6, 6.07) is 19.3. The van der Waals surface area contributed by atoms with E-state index in [0.717, 1.165) is 34.4 Å². The number of likely N-dealkylation sites (N-methyl/N-ethyl adjacent to an activating group) is 1. The van der Waals surface area contributed by atoms with Gasteiger partial charge in [0.2, 0.25) is 0 Å². The summed E-state index contributed by atoms with van der Waals surface area (Å²) in [7, 11) is 5.94. The van der Waals surface area contributed by atoms with Crippen LogP contribution in [0.5, 0.6) is 5.75 Å². The predicted octanol–water partition coefficient (Wildman–Crippen LogP) is 5.40. The van der Waals surface area contributed by atoms with E-state index in [2.05, 4.69) is 72.3 Å². The number of aromatic amines is 1. The van der Waals surface area contributed by atoms with E-state index in [4.69, 9.17) is 4.74 Å². The fraction of sp³-hybridized carbons (Fsp3) is 0.240. The Hall–Kier alpha value is -3.11. The summed E-state index contributed by atoms with van der Waals surface area (Å²) in [5, 5.41) is 1.23. The molecule has 1 atom stereocenters. The molecule has 0 aliphatic rings.